The van der Waals surface area contributed by atoms with Crippen LogP contribution in [0.15, 0.2) is 0 Å². The summed E-state index contributed by atoms with van der Waals surface area (Å²) < 4.78 is 0. The van der Waals surface area contributed by atoms with Gasteiger partial charge in [-0.3, -0.25) is 14.4 Å². The minimum absolute atomic E-state index is 0. The van der Waals surface area contributed by atoms with Gasteiger partial charge in [-0.25, -0.2) is 0 Å². The third-order valence-electron chi connectivity index (χ3n) is 16.7. The van der Waals surface area contributed by atoms with Crippen LogP contribution in [-0.2, 0) is 14.4 Å². The molecule has 0 bridgehead atoms. The van der Waals surface area contributed by atoms with Gasteiger partial charge < -0.3 is 26.2 Å². The zero-order valence-corrected chi connectivity index (χ0v) is 33.4. The van der Waals surface area contributed by atoms with Crippen LogP contribution < -0.4 is 11.1 Å². The van der Waals surface area contributed by atoms with Crippen molar-refractivity contribution in [2.45, 2.75) is 170 Å². The molecule has 2 saturated heterocycles. The SMILES string of the molecule is CC1(C)C2(CCC2)[C@]12CN[C@H](CO)C2.CCCC(CC(=O)[C@@H]1C[C@@]2(CN1C(=O)[C@@H](N)C(C)(C)C)C(C)(C)C21CCC1)C(O)C(=O)CC1CC1.Cl. The smallest absolute Gasteiger partial charge is 0.240 e. The molecule has 9 heteroatoms. The zero-order valence-electron chi connectivity index (χ0n) is 32.5. The normalized spacial score (nSPS) is 35.0. The van der Waals surface area contributed by atoms with Crippen molar-refractivity contribution in [1.82, 2.24) is 10.2 Å². The van der Waals surface area contributed by atoms with Gasteiger partial charge in [0.05, 0.1) is 18.7 Å². The highest BCUT2D eigenvalue weighted by molar-refractivity contribution is 5.93. The van der Waals surface area contributed by atoms with Gasteiger partial charge in [0.25, 0.3) is 0 Å². The quantitative estimate of drug-likeness (QED) is 0.199. The number of nitrogens with zero attached hydrogens (tertiary/aromatic N) is 1. The number of nitrogens with one attached hydrogen (secondary N) is 1. The van der Waals surface area contributed by atoms with E-state index in [1.807, 2.05) is 27.7 Å². The fourth-order valence-corrected chi connectivity index (χ4v) is 12.5. The van der Waals surface area contributed by atoms with E-state index in [1.54, 1.807) is 4.90 Å². The summed E-state index contributed by atoms with van der Waals surface area (Å²) >= 11 is 0. The minimum atomic E-state index is -1.09. The molecule has 7 fully saturated rings. The van der Waals surface area contributed by atoms with Gasteiger partial charge in [-0.15, -0.1) is 12.4 Å². The Hall–Kier alpha value is -1.06. The monoisotopic (exact) mass is 720 g/mol. The number of ketones is 2. The third kappa shape index (κ3) is 5.69. The number of amides is 1. The molecule has 7 atom stereocenters. The zero-order chi connectivity index (χ0) is 36.0. The summed E-state index contributed by atoms with van der Waals surface area (Å²) in [6.07, 6.45) is 12.8. The number of aliphatic hydroxyl groups excluding tert-OH is 2. The molecule has 5 aliphatic carbocycles. The van der Waals surface area contributed by atoms with E-state index in [0.717, 1.165) is 25.8 Å². The summed E-state index contributed by atoms with van der Waals surface area (Å²) in [7, 11) is 0. The van der Waals surface area contributed by atoms with Crippen molar-refractivity contribution in [2.75, 3.05) is 19.7 Å². The van der Waals surface area contributed by atoms with Crippen molar-refractivity contribution < 1.29 is 24.6 Å². The first-order valence-corrected chi connectivity index (χ1v) is 20.0. The predicted molar refractivity (Wildman–Crippen MR) is 200 cm³/mol. The van der Waals surface area contributed by atoms with Gasteiger partial charge >= 0.3 is 0 Å². The number of Topliss-reactive ketones (excluding diaryl/α,β-unsaturated/α-hetero) is 2. The second kappa shape index (κ2) is 13.4. The molecule has 5 saturated carbocycles. The average Bonchev–Trinajstić information content (AvgIpc) is 3.80. The van der Waals surface area contributed by atoms with Crippen LogP contribution in [0.1, 0.15) is 145 Å². The minimum Gasteiger partial charge on any atom is -0.395 e. The maximum absolute atomic E-state index is 13.9. The average molecular weight is 720 g/mol. The largest absolute Gasteiger partial charge is 0.395 e. The number of hydrogen-bond acceptors (Lipinski definition) is 7. The number of aliphatic hydroxyl groups is 2. The molecule has 2 heterocycles. The summed E-state index contributed by atoms with van der Waals surface area (Å²) in [6, 6.07) is -0.821. The topological polar surface area (TPSA) is 133 Å². The predicted octanol–water partition coefficient (Wildman–Crippen LogP) is 6.22. The van der Waals surface area contributed by atoms with E-state index in [2.05, 4.69) is 33.0 Å². The molecular formula is C41H70ClN3O5. The van der Waals surface area contributed by atoms with Crippen molar-refractivity contribution in [3.8, 4) is 0 Å². The van der Waals surface area contributed by atoms with Crippen molar-refractivity contribution in [3.05, 3.63) is 0 Å². The van der Waals surface area contributed by atoms with Crippen LogP contribution in [0.3, 0.4) is 0 Å². The molecule has 2 aliphatic heterocycles. The number of nitrogens with two attached hydrogens (primary N) is 1. The Morgan fingerprint density at radius 3 is 1.90 bits per heavy atom. The lowest BCUT2D eigenvalue weighted by atomic mass is 9.73. The first-order chi connectivity index (χ1) is 22.8. The van der Waals surface area contributed by atoms with Gasteiger partial charge in [-0.2, -0.15) is 0 Å². The maximum Gasteiger partial charge on any atom is 0.240 e. The van der Waals surface area contributed by atoms with Gasteiger partial charge in [0.2, 0.25) is 5.91 Å². The molecule has 0 aromatic rings. The molecule has 0 radical (unpaired) electrons. The number of carbonyl (C=O) groups is 3. The first-order valence-electron chi connectivity index (χ1n) is 20.0. The highest BCUT2D eigenvalue weighted by Gasteiger charge is 2.85. The number of carbonyl (C=O) groups excluding carboxylic acids is 3. The van der Waals surface area contributed by atoms with Gasteiger partial charge in [-0.05, 0) is 102 Å². The second-order valence-electron chi connectivity index (χ2n) is 20.1. The molecule has 286 valence electrons. The highest BCUT2D eigenvalue weighted by Crippen LogP contribution is 2.89. The van der Waals surface area contributed by atoms with Crippen LogP contribution in [0.25, 0.3) is 0 Å². The van der Waals surface area contributed by atoms with E-state index in [4.69, 9.17) is 5.73 Å². The summed E-state index contributed by atoms with van der Waals surface area (Å²) in [5.74, 6) is -0.241. The summed E-state index contributed by atoms with van der Waals surface area (Å²) in [4.78, 5) is 42.0. The van der Waals surface area contributed by atoms with Crippen molar-refractivity contribution >= 4 is 29.9 Å². The summed E-state index contributed by atoms with van der Waals surface area (Å²) in [5.41, 5.74) is 8.02. The first kappa shape index (κ1) is 40.1. The fraction of sp³-hybridized carbons (Fsp3) is 0.927. The Labute approximate surface area is 308 Å². The Morgan fingerprint density at radius 2 is 1.48 bits per heavy atom. The lowest BCUT2D eigenvalue weighted by molar-refractivity contribution is -0.141. The van der Waals surface area contributed by atoms with E-state index >= 15 is 0 Å². The van der Waals surface area contributed by atoms with Crippen molar-refractivity contribution in [3.63, 3.8) is 0 Å². The third-order valence-corrected chi connectivity index (χ3v) is 16.7. The van der Waals surface area contributed by atoms with E-state index in [-0.39, 0.29) is 58.5 Å². The summed E-state index contributed by atoms with van der Waals surface area (Å²) in [5, 5.41) is 23.6. The van der Waals surface area contributed by atoms with Gasteiger partial charge in [0, 0.05) is 37.4 Å². The lowest BCUT2D eigenvalue weighted by Crippen LogP contribution is -2.53. The van der Waals surface area contributed by atoms with Crippen molar-refractivity contribution in [2.24, 2.45) is 55.5 Å². The Bertz CT molecular complexity index is 1310. The standard InChI is InChI=1S/C29H48N2O4.C12H21NO.ClH/c1-7-9-19(23(34)22(33)14-18-10-11-18)15-21(32)20-16-29(27(5,6)28(29)12-8-13-28)17-31(20)25(35)24(30)26(2,3)4;1-10(2)11(4-3-5-11)12(10)6-9(7-14)13-8-12;/h18-20,23-24,34H,7-17,30H2,1-6H3;9,13-14H,3-8H2,1-2H3;1H/t19?,20-,23?,24+,29+;9-,12+;/m00./s1. The van der Waals surface area contributed by atoms with Crippen LogP contribution in [-0.4, -0.2) is 76.5 Å². The van der Waals surface area contributed by atoms with E-state index in [1.165, 1.54) is 44.9 Å². The van der Waals surface area contributed by atoms with Crippen LogP contribution in [0, 0.1) is 49.7 Å². The van der Waals surface area contributed by atoms with Crippen molar-refractivity contribution in [1.29, 1.82) is 0 Å². The number of likely N-dealkylation sites (tertiary alicyclic amines) is 1. The molecule has 8 nitrogen and oxygen atoms in total. The lowest BCUT2D eigenvalue weighted by Gasteiger charge is -2.34. The fourth-order valence-electron chi connectivity index (χ4n) is 12.5. The Kier molecular flexibility index (Phi) is 10.7. The second-order valence-corrected chi connectivity index (χ2v) is 20.1. The molecule has 0 aromatic heterocycles. The van der Waals surface area contributed by atoms with E-state index in [9.17, 15) is 24.6 Å². The Balaban J connectivity index is 0.000000268. The highest BCUT2D eigenvalue weighted by atomic mass is 35.5. The maximum atomic E-state index is 13.9. The number of rotatable bonds is 11. The molecule has 7 rings (SSSR count). The van der Waals surface area contributed by atoms with Gasteiger partial charge in [0.15, 0.2) is 11.6 Å². The molecule has 1 amide bonds. The number of fused-ring (bicyclic) bond motifs is 2. The van der Waals surface area contributed by atoms with Crippen LogP contribution >= 0.6 is 12.4 Å². The molecule has 4 spiro atoms. The van der Waals surface area contributed by atoms with Crippen LogP contribution in [0.4, 0.5) is 0 Å². The molecule has 7 aliphatic rings. The molecule has 0 aromatic carbocycles. The molecule has 5 N–H and O–H groups in total. The van der Waals surface area contributed by atoms with Gasteiger partial charge in [-0.1, -0.05) is 74.7 Å². The van der Waals surface area contributed by atoms with Crippen LogP contribution in [0.5, 0.6) is 0 Å². The number of halogens is 1. The molecule has 50 heavy (non-hydrogen) atoms. The van der Waals surface area contributed by atoms with E-state index < -0.39 is 23.6 Å². The van der Waals surface area contributed by atoms with Crippen LogP contribution in [0.2, 0.25) is 0 Å². The van der Waals surface area contributed by atoms with Gasteiger partial charge in [0.1, 0.15) is 6.10 Å². The molecular weight excluding hydrogens is 650 g/mol. The summed E-state index contributed by atoms with van der Waals surface area (Å²) in [6.45, 7) is 19.5. The number of hydrogen-bond donors (Lipinski definition) is 4. The van der Waals surface area contributed by atoms with E-state index in [0.29, 0.717) is 60.6 Å². The Morgan fingerprint density at radius 1 is 0.920 bits per heavy atom. The molecule has 2 unspecified atom stereocenters.